The molecule has 0 aromatic carbocycles. The lowest BCUT2D eigenvalue weighted by Gasteiger charge is -2.20. The van der Waals surface area contributed by atoms with E-state index in [2.05, 4.69) is 24.3 Å². The maximum atomic E-state index is 6.28. The Hall–Kier alpha value is -0.620. The molecule has 0 saturated carbocycles. The first-order chi connectivity index (χ1) is 9.74. The average molecular weight is 304 g/mol. The van der Waals surface area contributed by atoms with Gasteiger partial charge in [-0.1, -0.05) is 18.5 Å². The number of rotatable bonds is 11. The second-order valence-electron chi connectivity index (χ2n) is 4.59. The highest BCUT2D eigenvalue weighted by Gasteiger charge is 2.19. The van der Waals surface area contributed by atoms with Gasteiger partial charge in [-0.3, -0.25) is 4.68 Å². The largest absolute Gasteiger partial charge is 0.382 e. The van der Waals surface area contributed by atoms with E-state index in [0.717, 1.165) is 36.6 Å². The summed E-state index contributed by atoms with van der Waals surface area (Å²) >= 11 is 6.28. The normalized spacial score (nSPS) is 12.8. The third-order valence-corrected chi connectivity index (χ3v) is 3.38. The monoisotopic (exact) mass is 303 g/mol. The van der Waals surface area contributed by atoms with Crippen LogP contribution in [-0.4, -0.2) is 43.3 Å². The number of methoxy groups -OCH3 is 1. The predicted octanol–water partition coefficient (Wildman–Crippen LogP) is 2.65. The molecule has 1 aromatic heterocycles. The molecule has 116 valence electrons. The summed E-state index contributed by atoms with van der Waals surface area (Å²) in [6.07, 6.45) is 3.67. The number of nitrogens with one attached hydrogen (secondary N) is 1. The first kappa shape index (κ1) is 17.4. The molecule has 1 unspecified atom stereocenters. The molecule has 1 heterocycles. The molecule has 0 aliphatic carbocycles. The Morgan fingerprint density at radius 3 is 2.80 bits per heavy atom. The Bertz CT molecular complexity index is 371. The first-order valence-corrected chi connectivity index (χ1v) is 7.63. The van der Waals surface area contributed by atoms with Crippen LogP contribution in [0.5, 0.6) is 0 Å². The van der Waals surface area contributed by atoms with Gasteiger partial charge in [0.05, 0.1) is 36.2 Å². The number of hydrogen-bond donors (Lipinski definition) is 1. The zero-order chi connectivity index (χ0) is 14.8. The van der Waals surface area contributed by atoms with Crippen molar-refractivity contribution in [3.8, 4) is 0 Å². The second-order valence-corrected chi connectivity index (χ2v) is 5.00. The van der Waals surface area contributed by atoms with E-state index in [1.54, 1.807) is 13.3 Å². The molecule has 0 radical (unpaired) electrons. The molecule has 0 fully saturated rings. The number of aryl methyl sites for hydroxylation is 1. The number of ether oxygens (including phenoxy) is 2. The van der Waals surface area contributed by atoms with Gasteiger partial charge in [0.25, 0.3) is 0 Å². The van der Waals surface area contributed by atoms with Crippen molar-refractivity contribution in [3.05, 3.63) is 16.9 Å². The van der Waals surface area contributed by atoms with E-state index < -0.39 is 0 Å². The topological polar surface area (TPSA) is 48.3 Å². The molecular formula is C14H26ClN3O2. The van der Waals surface area contributed by atoms with Crippen LogP contribution < -0.4 is 5.32 Å². The van der Waals surface area contributed by atoms with Crippen LogP contribution in [0.15, 0.2) is 6.20 Å². The minimum atomic E-state index is 0.174. The van der Waals surface area contributed by atoms with E-state index in [1.165, 1.54) is 0 Å². The fourth-order valence-electron chi connectivity index (χ4n) is 2.07. The van der Waals surface area contributed by atoms with Gasteiger partial charge in [-0.15, -0.1) is 0 Å². The molecule has 5 nitrogen and oxygen atoms in total. The van der Waals surface area contributed by atoms with Crippen LogP contribution in [0.4, 0.5) is 0 Å². The minimum absolute atomic E-state index is 0.174. The predicted molar refractivity (Wildman–Crippen MR) is 81.3 cm³/mol. The molecule has 20 heavy (non-hydrogen) atoms. The van der Waals surface area contributed by atoms with Crippen molar-refractivity contribution in [2.75, 3.05) is 33.5 Å². The summed E-state index contributed by atoms with van der Waals surface area (Å²) in [6, 6.07) is 0.174. The first-order valence-electron chi connectivity index (χ1n) is 7.25. The van der Waals surface area contributed by atoms with Crippen LogP contribution in [0, 0.1) is 0 Å². The van der Waals surface area contributed by atoms with Gasteiger partial charge in [-0.2, -0.15) is 5.10 Å². The summed E-state index contributed by atoms with van der Waals surface area (Å²) in [5, 5.41) is 8.55. The van der Waals surface area contributed by atoms with E-state index in [1.807, 2.05) is 4.68 Å². The molecule has 0 amide bonds. The number of halogens is 1. The molecule has 0 saturated heterocycles. The third-order valence-electron chi connectivity index (χ3n) is 3.09. The van der Waals surface area contributed by atoms with Gasteiger partial charge >= 0.3 is 0 Å². The second kappa shape index (κ2) is 10.2. The minimum Gasteiger partial charge on any atom is -0.382 e. The van der Waals surface area contributed by atoms with Gasteiger partial charge in [-0.05, 0) is 26.3 Å². The molecule has 0 aliphatic heterocycles. The highest BCUT2D eigenvalue weighted by atomic mass is 35.5. The summed E-state index contributed by atoms with van der Waals surface area (Å²) < 4.78 is 12.5. The van der Waals surface area contributed by atoms with Crippen molar-refractivity contribution in [2.45, 2.75) is 39.3 Å². The van der Waals surface area contributed by atoms with E-state index in [9.17, 15) is 0 Å². The molecule has 1 aromatic rings. The van der Waals surface area contributed by atoms with E-state index in [0.29, 0.717) is 19.8 Å². The number of aromatic nitrogens is 2. The van der Waals surface area contributed by atoms with Crippen molar-refractivity contribution in [1.82, 2.24) is 15.1 Å². The molecule has 1 N–H and O–H groups in total. The zero-order valence-electron chi connectivity index (χ0n) is 12.7. The molecule has 6 heteroatoms. The lowest BCUT2D eigenvalue weighted by molar-refractivity contribution is 0.0654. The van der Waals surface area contributed by atoms with Gasteiger partial charge in [-0.25, -0.2) is 0 Å². The van der Waals surface area contributed by atoms with Crippen LogP contribution in [0.25, 0.3) is 0 Å². The zero-order valence-corrected chi connectivity index (χ0v) is 13.4. The Morgan fingerprint density at radius 1 is 1.35 bits per heavy atom. The van der Waals surface area contributed by atoms with Crippen LogP contribution in [0.1, 0.15) is 38.4 Å². The fourth-order valence-corrected chi connectivity index (χ4v) is 2.34. The molecule has 0 spiro atoms. The summed E-state index contributed by atoms with van der Waals surface area (Å²) in [5.74, 6) is 0. The van der Waals surface area contributed by atoms with Gasteiger partial charge in [0, 0.05) is 20.3 Å². The van der Waals surface area contributed by atoms with Gasteiger partial charge < -0.3 is 14.8 Å². The Morgan fingerprint density at radius 2 is 2.15 bits per heavy atom. The molecule has 1 rings (SSSR count). The molecule has 1 atom stereocenters. The van der Waals surface area contributed by atoms with Crippen LogP contribution in [0.2, 0.25) is 5.02 Å². The standard InChI is InChI=1S/C14H26ClN3O2/c1-4-7-16-13(6-8-20-10-9-19-3)14-12(15)11-17-18(14)5-2/h11,13,16H,4-10H2,1-3H3. The molecular weight excluding hydrogens is 278 g/mol. The molecule has 0 aliphatic rings. The van der Waals surface area contributed by atoms with Crippen LogP contribution in [0.3, 0.4) is 0 Å². The lowest BCUT2D eigenvalue weighted by Crippen LogP contribution is -2.26. The number of nitrogens with zero attached hydrogens (tertiary/aromatic N) is 2. The number of hydrogen-bond acceptors (Lipinski definition) is 4. The lowest BCUT2D eigenvalue weighted by atomic mass is 10.1. The Balaban J connectivity index is 2.60. The third kappa shape index (κ3) is 5.40. The fraction of sp³-hybridized carbons (Fsp3) is 0.786. The van der Waals surface area contributed by atoms with Gasteiger partial charge in [0.1, 0.15) is 0 Å². The highest BCUT2D eigenvalue weighted by Crippen LogP contribution is 2.25. The van der Waals surface area contributed by atoms with Crippen molar-refractivity contribution in [2.24, 2.45) is 0 Å². The summed E-state index contributed by atoms with van der Waals surface area (Å²) in [5.41, 5.74) is 1.05. The van der Waals surface area contributed by atoms with Gasteiger partial charge in [0.2, 0.25) is 0 Å². The summed E-state index contributed by atoms with van der Waals surface area (Å²) in [7, 11) is 1.68. The average Bonchev–Trinajstić information content (AvgIpc) is 2.83. The van der Waals surface area contributed by atoms with Crippen LogP contribution in [-0.2, 0) is 16.0 Å². The summed E-state index contributed by atoms with van der Waals surface area (Å²) in [4.78, 5) is 0. The maximum absolute atomic E-state index is 6.28. The smallest absolute Gasteiger partial charge is 0.0834 e. The highest BCUT2D eigenvalue weighted by molar-refractivity contribution is 6.31. The van der Waals surface area contributed by atoms with E-state index in [-0.39, 0.29) is 6.04 Å². The maximum Gasteiger partial charge on any atom is 0.0834 e. The Kier molecular flexibility index (Phi) is 8.85. The van der Waals surface area contributed by atoms with Crippen molar-refractivity contribution in [3.63, 3.8) is 0 Å². The van der Waals surface area contributed by atoms with Crippen molar-refractivity contribution < 1.29 is 9.47 Å². The molecule has 0 bridgehead atoms. The van der Waals surface area contributed by atoms with E-state index in [4.69, 9.17) is 21.1 Å². The van der Waals surface area contributed by atoms with E-state index >= 15 is 0 Å². The Labute approximate surface area is 126 Å². The van der Waals surface area contributed by atoms with Crippen molar-refractivity contribution >= 4 is 11.6 Å². The van der Waals surface area contributed by atoms with Crippen molar-refractivity contribution in [1.29, 1.82) is 0 Å². The van der Waals surface area contributed by atoms with Gasteiger partial charge in [0.15, 0.2) is 0 Å². The quantitative estimate of drug-likeness (QED) is 0.639. The summed E-state index contributed by atoms with van der Waals surface area (Å²) in [6.45, 7) is 7.91. The van der Waals surface area contributed by atoms with Crippen LogP contribution >= 0.6 is 11.6 Å². The SMILES string of the molecule is CCCNC(CCOCCOC)c1c(Cl)cnn1CC.